The summed E-state index contributed by atoms with van der Waals surface area (Å²) in [5, 5.41) is 15.9. The van der Waals surface area contributed by atoms with E-state index in [2.05, 4.69) is 20.4 Å². The molecule has 4 rings (SSSR count). The summed E-state index contributed by atoms with van der Waals surface area (Å²) in [7, 11) is 0. The predicted molar refractivity (Wildman–Crippen MR) is 115 cm³/mol. The zero-order valence-corrected chi connectivity index (χ0v) is 16.5. The molecular weight excluding hydrogens is 382 g/mol. The highest BCUT2D eigenvalue weighted by molar-refractivity contribution is 5.99. The summed E-state index contributed by atoms with van der Waals surface area (Å²) in [5.74, 6) is -0.112. The average Bonchev–Trinajstić information content (AvgIpc) is 3.18. The number of hydrogen-bond donors (Lipinski definition) is 2. The molecule has 1 aliphatic heterocycles. The highest BCUT2D eigenvalue weighted by atomic mass is 16.6. The molecule has 0 aliphatic carbocycles. The van der Waals surface area contributed by atoms with Crippen LogP contribution >= 0.6 is 0 Å². The first kappa shape index (κ1) is 19.8. The fourth-order valence-electron chi connectivity index (χ4n) is 3.79. The normalized spacial score (nSPS) is 15.6. The Kier molecular flexibility index (Phi) is 5.85. The van der Waals surface area contributed by atoms with Crippen LogP contribution in [0.5, 0.6) is 0 Å². The zero-order valence-electron chi connectivity index (χ0n) is 16.5. The Morgan fingerprint density at radius 2 is 1.93 bits per heavy atom. The van der Waals surface area contributed by atoms with Crippen LogP contribution in [0.1, 0.15) is 24.0 Å². The Morgan fingerprint density at radius 1 is 1.20 bits per heavy atom. The smallest absolute Gasteiger partial charge is 0.269 e. The molecule has 0 radical (unpaired) electrons. The number of piperidine rings is 1. The number of carbonyl (C=O) groups excluding carboxylic acids is 1. The standard InChI is InChI=1S/C22H23N5O3/c28-22(25-24-14-18-13-23-21-4-2-1-3-20(18)21)17-9-11-26(12-10-17)15-16-5-7-19(8-6-16)27(29)30/h1-8,13-14,17,23H,9-12,15H2,(H,25,28). The van der Waals surface area contributed by atoms with Crippen molar-refractivity contribution in [3.63, 3.8) is 0 Å². The average molecular weight is 405 g/mol. The second-order valence-corrected chi connectivity index (χ2v) is 7.50. The van der Waals surface area contributed by atoms with Crippen LogP contribution in [0.4, 0.5) is 5.69 Å². The number of hydrazone groups is 1. The Hall–Kier alpha value is -3.52. The molecule has 154 valence electrons. The van der Waals surface area contributed by atoms with Crippen LogP contribution in [0.3, 0.4) is 0 Å². The number of nitro groups is 1. The van der Waals surface area contributed by atoms with Gasteiger partial charge in [0.05, 0.1) is 11.1 Å². The topological polar surface area (TPSA) is 104 Å². The molecule has 2 heterocycles. The van der Waals surface area contributed by atoms with Crippen LogP contribution in [-0.4, -0.2) is 40.0 Å². The lowest BCUT2D eigenvalue weighted by molar-refractivity contribution is -0.384. The number of rotatable bonds is 6. The lowest BCUT2D eigenvalue weighted by Gasteiger charge is -2.30. The van der Waals surface area contributed by atoms with Crippen molar-refractivity contribution in [1.29, 1.82) is 0 Å². The number of aromatic nitrogens is 1. The molecule has 1 amide bonds. The van der Waals surface area contributed by atoms with Gasteiger partial charge in [-0.1, -0.05) is 30.3 Å². The maximum Gasteiger partial charge on any atom is 0.269 e. The number of nitrogens with zero attached hydrogens (tertiary/aromatic N) is 3. The maximum absolute atomic E-state index is 12.4. The van der Waals surface area contributed by atoms with E-state index in [1.54, 1.807) is 18.3 Å². The van der Waals surface area contributed by atoms with Crippen molar-refractivity contribution in [2.75, 3.05) is 13.1 Å². The van der Waals surface area contributed by atoms with Gasteiger partial charge in [0.25, 0.3) is 5.69 Å². The number of H-pyrrole nitrogens is 1. The molecule has 0 saturated carbocycles. The monoisotopic (exact) mass is 405 g/mol. The van der Waals surface area contributed by atoms with Crippen molar-refractivity contribution in [2.45, 2.75) is 19.4 Å². The van der Waals surface area contributed by atoms with E-state index in [4.69, 9.17) is 0 Å². The number of benzene rings is 2. The van der Waals surface area contributed by atoms with Gasteiger partial charge >= 0.3 is 0 Å². The number of carbonyl (C=O) groups is 1. The Balaban J connectivity index is 1.25. The summed E-state index contributed by atoms with van der Waals surface area (Å²) in [6.45, 7) is 2.34. The fourth-order valence-corrected chi connectivity index (χ4v) is 3.79. The molecule has 0 bridgehead atoms. The van der Waals surface area contributed by atoms with Gasteiger partial charge in [0.15, 0.2) is 0 Å². The highest BCUT2D eigenvalue weighted by Gasteiger charge is 2.24. The van der Waals surface area contributed by atoms with Crippen LogP contribution in [0, 0.1) is 16.0 Å². The molecule has 8 nitrogen and oxygen atoms in total. The first-order valence-corrected chi connectivity index (χ1v) is 9.95. The molecular formula is C22H23N5O3. The quantitative estimate of drug-likeness (QED) is 0.372. The number of non-ortho nitro benzene ring substituents is 1. The van der Waals surface area contributed by atoms with Crippen LogP contribution in [0.15, 0.2) is 59.8 Å². The molecule has 1 fully saturated rings. The summed E-state index contributed by atoms with van der Waals surface area (Å²) in [4.78, 5) is 28.2. The van der Waals surface area contributed by atoms with Gasteiger partial charge in [-0.2, -0.15) is 5.10 Å². The Morgan fingerprint density at radius 3 is 2.67 bits per heavy atom. The molecule has 3 aromatic rings. The highest BCUT2D eigenvalue weighted by Crippen LogP contribution is 2.20. The number of likely N-dealkylation sites (tertiary alicyclic amines) is 1. The minimum absolute atomic E-state index is 0.0546. The number of aromatic amines is 1. The van der Waals surface area contributed by atoms with Crippen molar-refractivity contribution in [3.8, 4) is 0 Å². The summed E-state index contributed by atoms with van der Waals surface area (Å²) in [6.07, 6.45) is 5.07. The van der Waals surface area contributed by atoms with Gasteiger partial charge in [0.2, 0.25) is 5.91 Å². The Bertz CT molecular complexity index is 1070. The second kappa shape index (κ2) is 8.87. The van der Waals surface area contributed by atoms with Gasteiger partial charge in [-0.3, -0.25) is 19.8 Å². The van der Waals surface area contributed by atoms with Crippen LogP contribution in [0.25, 0.3) is 10.9 Å². The molecule has 1 aromatic heterocycles. The number of amides is 1. The van der Waals surface area contributed by atoms with Gasteiger partial charge in [0, 0.05) is 47.3 Å². The first-order valence-electron chi connectivity index (χ1n) is 9.95. The molecule has 30 heavy (non-hydrogen) atoms. The number of nitro benzene ring substituents is 1. The number of fused-ring (bicyclic) bond motifs is 1. The van der Waals surface area contributed by atoms with E-state index in [0.717, 1.165) is 54.5 Å². The maximum atomic E-state index is 12.4. The van der Waals surface area contributed by atoms with E-state index in [1.807, 2.05) is 30.5 Å². The van der Waals surface area contributed by atoms with Crippen LogP contribution in [-0.2, 0) is 11.3 Å². The van der Waals surface area contributed by atoms with Crippen LogP contribution < -0.4 is 5.43 Å². The molecule has 0 spiro atoms. The van der Waals surface area contributed by atoms with Gasteiger partial charge < -0.3 is 4.98 Å². The first-order chi connectivity index (χ1) is 14.6. The third kappa shape index (κ3) is 4.55. The minimum atomic E-state index is -0.394. The van der Waals surface area contributed by atoms with E-state index >= 15 is 0 Å². The molecule has 0 unspecified atom stereocenters. The summed E-state index contributed by atoms with van der Waals surface area (Å²) in [5.41, 5.74) is 5.77. The van der Waals surface area contributed by atoms with Crippen LogP contribution in [0.2, 0.25) is 0 Å². The van der Waals surface area contributed by atoms with E-state index in [0.29, 0.717) is 0 Å². The van der Waals surface area contributed by atoms with Crippen molar-refractivity contribution < 1.29 is 9.72 Å². The van der Waals surface area contributed by atoms with Gasteiger partial charge in [0.1, 0.15) is 0 Å². The van der Waals surface area contributed by atoms with Crippen molar-refractivity contribution >= 4 is 28.7 Å². The summed E-state index contributed by atoms with van der Waals surface area (Å²) in [6, 6.07) is 14.6. The number of hydrogen-bond acceptors (Lipinski definition) is 5. The summed E-state index contributed by atoms with van der Waals surface area (Å²) >= 11 is 0. The molecule has 1 aliphatic rings. The number of para-hydroxylation sites is 1. The summed E-state index contributed by atoms with van der Waals surface area (Å²) < 4.78 is 0. The second-order valence-electron chi connectivity index (χ2n) is 7.50. The van der Waals surface area contributed by atoms with E-state index < -0.39 is 4.92 Å². The fraction of sp³-hybridized carbons (Fsp3) is 0.273. The van der Waals surface area contributed by atoms with Gasteiger partial charge in [-0.15, -0.1) is 0 Å². The SMILES string of the molecule is O=C(NN=Cc1c[nH]c2ccccc12)C1CCN(Cc2ccc([N+](=O)[O-])cc2)CC1. The van der Waals surface area contributed by atoms with Crippen molar-refractivity contribution in [1.82, 2.24) is 15.3 Å². The van der Waals surface area contributed by atoms with E-state index in [1.165, 1.54) is 12.1 Å². The number of nitrogens with one attached hydrogen (secondary N) is 2. The Labute approximate surface area is 173 Å². The van der Waals surface area contributed by atoms with E-state index in [9.17, 15) is 14.9 Å². The van der Waals surface area contributed by atoms with Gasteiger partial charge in [-0.05, 0) is 37.6 Å². The minimum Gasteiger partial charge on any atom is -0.361 e. The van der Waals surface area contributed by atoms with E-state index in [-0.39, 0.29) is 17.5 Å². The largest absolute Gasteiger partial charge is 0.361 e. The van der Waals surface area contributed by atoms with Crippen molar-refractivity contribution in [2.24, 2.45) is 11.0 Å². The predicted octanol–water partition coefficient (Wildman–Crippen LogP) is 3.44. The molecule has 2 aromatic carbocycles. The van der Waals surface area contributed by atoms with Gasteiger partial charge in [-0.25, -0.2) is 5.43 Å². The third-order valence-electron chi connectivity index (χ3n) is 5.51. The molecule has 2 N–H and O–H groups in total. The molecule has 1 saturated heterocycles. The zero-order chi connectivity index (χ0) is 20.9. The lowest BCUT2D eigenvalue weighted by Crippen LogP contribution is -2.39. The lowest BCUT2D eigenvalue weighted by atomic mass is 9.96. The van der Waals surface area contributed by atoms with Crippen molar-refractivity contribution in [3.05, 3.63) is 76.0 Å². The molecule has 0 atom stereocenters. The third-order valence-corrected chi connectivity index (χ3v) is 5.51. The molecule has 8 heteroatoms.